The zero-order valence-corrected chi connectivity index (χ0v) is 17.9. The Bertz CT molecular complexity index is 1240. The van der Waals surface area contributed by atoms with Crippen molar-refractivity contribution in [3.05, 3.63) is 71.9 Å². The number of methoxy groups -OCH3 is 1. The van der Waals surface area contributed by atoms with Gasteiger partial charge in [-0.15, -0.1) is 0 Å². The van der Waals surface area contributed by atoms with E-state index in [1.54, 1.807) is 12.1 Å². The summed E-state index contributed by atoms with van der Waals surface area (Å²) in [4.78, 5) is 15.3. The van der Waals surface area contributed by atoms with Gasteiger partial charge in [0.1, 0.15) is 22.9 Å². The molecule has 0 radical (unpaired) electrons. The third-order valence-electron chi connectivity index (χ3n) is 6.22. The van der Waals surface area contributed by atoms with Crippen molar-refractivity contribution in [1.82, 2.24) is 5.32 Å². The highest BCUT2D eigenvalue weighted by molar-refractivity contribution is 6.04. The van der Waals surface area contributed by atoms with E-state index in [2.05, 4.69) is 15.5 Å². The molecule has 3 heterocycles. The van der Waals surface area contributed by atoms with Crippen LogP contribution in [0.4, 0.5) is 20.2 Å². The van der Waals surface area contributed by atoms with E-state index in [0.717, 1.165) is 25.2 Å². The maximum Gasteiger partial charge on any atom is 0.325 e. The normalized spacial score (nSPS) is 19.1. The topological polar surface area (TPSA) is 77.7 Å². The van der Waals surface area contributed by atoms with Crippen LogP contribution in [-0.2, 0) is 0 Å². The summed E-state index contributed by atoms with van der Waals surface area (Å²) in [7, 11) is 1.39. The SMILES string of the molecule is COc1cccc(F)c1-c1cccc(C(=O)Nc2cc(F)ccc2N2C[C@H]3C[C@@H]2CN3)[n+]1O. The molecule has 2 aromatic carbocycles. The molecule has 7 nitrogen and oxygen atoms in total. The Morgan fingerprint density at radius 3 is 2.76 bits per heavy atom. The predicted molar refractivity (Wildman–Crippen MR) is 118 cm³/mol. The van der Waals surface area contributed by atoms with E-state index in [1.165, 1.54) is 49.6 Å². The standard InChI is InChI=1S/C24H22F2N4O3/c1-33-22-7-2-4-17(26)23(22)20-5-3-6-21(30(20)32)24(31)28-18-10-14(25)8-9-19(18)29-13-15-11-16(29)12-27-15/h2-10,15-16,27H,11-13H2,1H3,(H-,28,31,32)/p+1/t15-,16-/m1/s1. The fraction of sp³-hybridized carbons (Fsp3) is 0.250. The molecule has 1 aromatic heterocycles. The number of carbonyl (C=O) groups is 1. The van der Waals surface area contributed by atoms with Gasteiger partial charge >= 0.3 is 11.6 Å². The van der Waals surface area contributed by atoms with Crippen LogP contribution in [0.5, 0.6) is 5.75 Å². The Morgan fingerprint density at radius 2 is 2.03 bits per heavy atom. The van der Waals surface area contributed by atoms with E-state index in [9.17, 15) is 18.8 Å². The molecule has 0 spiro atoms. The summed E-state index contributed by atoms with van der Waals surface area (Å²) in [6, 6.07) is 13.6. The summed E-state index contributed by atoms with van der Waals surface area (Å²) >= 11 is 0. The maximum absolute atomic E-state index is 14.6. The number of amides is 1. The number of anilines is 2. The number of hydrogen-bond acceptors (Lipinski definition) is 5. The van der Waals surface area contributed by atoms with Crippen molar-refractivity contribution >= 4 is 17.3 Å². The Labute approximate surface area is 189 Å². The molecule has 2 aliphatic heterocycles. The number of ether oxygens (including phenoxy) is 1. The Hall–Kier alpha value is -3.72. The fourth-order valence-corrected chi connectivity index (χ4v) is 4.69. The molecule has 2 saturated heterocycles. The lowest BCUT2D eigenvalue weighted by Crippen LogP contribution is -2.44. The number of hydrogen-bond donors (Lipinski definition) is 3. The molecule has 3 N–H and O–H groups in total. The number of rotatable bonds is 5. The van der Waals surface area contributed by atoms with Crippen LogP contribution >= 0.6 is 0 Å². The van der Waals surface area contributed by atoms with Crippen molar-refractivity contribution < 1.29 is 28.2 Å². The van der Waals surface area contributed by atoms with Gasteiger partial charge < -0.3 is 20.3 Å². The smallest absolute Gasteiger partial charge is 0.325 e. The summed E-state index contributed by atoms with van der Waals surface area (Å²) in [5, 5.41) is 16.9. The summed E-state index contributed by atoms with van der Waals surface area (Å²) < 4.78 is 34.5. The van der Waals surface area contributed by atoms with Crippen LogP contribution in [0.3, 0.4) is 0 Å². The number of piperazine rings is 1. The van der Waals surface area contributed by atoms with E-state index in [1.807, 2.05) is 0 Å². The van der Waals surface area contributed by atoms with Crippen LogP contribution in [-0.4, -0.2) is 43.4 Å². The zero-order valence-electron chi connectivity index (χ0n) is 17.9. The van der Waals surface area contributed by atoms with E-state index < -0.39 is 17.5 Å². The lowest BCUT2D eigenvalue weighted by atomic mass is 10.1. The van der Waals surface area contributed by atoms with Crippen LogP contribution in [0.2, 0.25) is 0 Å². The van der Waals surface area contributed by atoms with Gasteiger partial charge in [-0.05, 0) is 42.8 Å². The first-order valence-electron chi connectivity index (χ1n) is 10.6. The molecule has 170 valence electrons. The molecule has 1 amide bonds. The molecule has 5 rings (SSSR count). The van der Waals surface area contributed by atoms with Gasteiger partial charge in [0.05, 0.1) is 18.5 Å². The highest BCUT2D eigenvalue weighted by Gasteiger charge is 2.39. The number of pyridine rings is 1. The largest absolute Gasteiger partial charge is 0.496 e. The molecule has 0 saturated carbocycles. The molecular weight excluding hydrogens is 430 g/mol. The molecule has 9 heteroatoms. The molecule has 2 aliphatic rings. The summed E-state index contributed by atoms with van der Waals surface area (Å²) in [5.41, 5.74) is 0.943. The molecule has 3 aromatic rings. The van der Waals surface area contributed by atoms with Crippen LogP contribution in [0.25, 0.3) is 11.3 Å². The van der Waals surface area contributed by atoms with Crippen LogP contribution in [0.15, 0.2) is 54.6 Å². The predicted octanol–water partition coefficient (Wildman–Crippen LogP) is 2.97. The van der Waals surface area contributed by atoms with Gasteiger partial charge in [-0.25, -0.2) is 8.78 Å². The van der Waals surface area contributed by atoms with Crippen LogP contribution < -0.4 is 25.0 Å². The van der Waals surface area contributed by atoms with E-state index in [4.69, 9.17) is 4.74 Å². The molecule has 2 atom stereocenters. The lowest BCUT2D eigenvalue weighted by Gasteiger charge is -2.31. The van der Waals surface area contributed by atoms with Crippen molar-refractivity contribution in [2.24, 2.45) is 0 Å². The van der Waals surface area contributed by atoms with Gasteiger partial charge in [-0.2, -0.15) is 0 Å². The quantitative estimate of drug-likeness (QED) is 0.409. The number of aromatic nitrogens is 1. The van der Waals surface area contributed by atoms with Crippen LogP contribution in [0.1, 0.15) is 16.9 Å². The van der Waals surface area contributed by atoms with Crippen molar-refractivity contribution in [2.45, 2.75) is 18.5 Å². The van der Waals surface area contributed by atoms with Gasteiger partial charge in [-0.3, -0.25) is 10.0 Å². The minimum Gasteiger partial charge on any atom is -0.496 e. The average Bonchev–Trinajstić information content (AvgIpc) is 3.43. The monoisotopic (exact) mass is 453 g/mol. The minimum atomic E-state index is -0.663. The maximum atomic E-state index is 14.6. The molecule has 0 aliphatic carbocycles. The molecule has 0 unspecified atom stereocenters. The number of carbonyl (C=O) groups excluding carboxylic acids is 1. The number of benzene rings is 2. The van der Waals surface area contributed by atoms with E-state index in [0.29, 0.717) is 16.5 Å². The molecule has 33 heavy (non-hydrogen) atoms. The van der Waals surface area contributed by atoms with Crippen molar-refractivity contribution in [3.63, 3.8) is 0 Å². The fourth-order valence-electron chi connectivity index (χ4n) is 4.69. The lowest BCUT2D eigenvalue weighted by molar-refractivity contribution is -0.897. The first kappa shape index (κ1) is 21.1. The molecule has 2 bridgehead atoms. The average molecular weight is 453 g/mol. The Morgan fingerprint density at radius 1 is 1.21 bits per heavy atom. The number of nitrogens with zero attached hydrogens (tertiary/aromatic N) is 2. The van der Waals surface area contributed by atoms with Crippen molar-refractivity contribution in [3.8, 4) is 17.0 Å². The van der Waals surface area contributed by atoms with Gasteiger partial charge in [0, 0.05) is 42.0 Å². The highest BCUT2D eigenvalue weighted by Crippen LogP contribution is 2.35. The Kier molecular flexibility index (Phi) is 5.33. The van der Waals surface area contributed by atoms with Crippen molar-refractivity contribution in [2.75, 3.05) is 30.4 Å². The van der Waals surface area contributed by atoms with E-state index >= 15 is 0 Å². The van der Waals surface area contributed by atoms with Gasteiger partial charge in [0.25, 0.3) is 5.69 Å². The highest BCUT2D eigenvalue weighted by atomic mass is 19.1. The minimum absolute atomic E-state index is 0.0178. The number of nitrogens with one attached hydrogen (secondary N) is 2. The van der Waals surface area contributed by atoms with E-state index in [-0.39, 0.29) is 28.7 Å². The van der Waals surface area contributed by atoms with Crippen LogP contribution in [0, 0.1) is 11.6 Å². The number of fused-ring (bicyclic) bond motifs is 2. The molecular formula is C24H23F2N4O3+. The first-order valence-corrected chi connectivity index (χ1v) is 10.6. The molecule has 2 fully saturated rings. The first-order chi connectivity index (χ1) is 16.0. The summed E-state index contributed by atoms with van der Waals surface area (Å²) in [6.45, 7) is 1.60. The summed E-state index contributed by atoms with van der Waals surface area (Å²) in [6.07, 6.45) is 0.994. The third kappa shape index (κ3) is 3.74. The zero-order chi connectivity index (χ0) is 23.1. The van der Waals surface area contributed by atoms with Gasteiger partial charge in [-0.1, -0.05) is 6.07 Å². The van der Waals surface area contributed by atoms with Gasteiger partial charge in [0.2, 0.25) is 0 Å². The van der Waals surface area contributed by atoms with Gasteiger partial charge in [0.15, 0.2) is 0 Å². The second-order valence-electron chi connectivity index (χ2n) is 8.19. The summed E-state index contributed by atoms with van der Waals surface area (Å²) in [5.74, 6) is -1.55. The third-order valence-corrected chi connectivity index (χ3v) is 6.22. The van der Waals surface area contributed by atoms with Crippen molar-refractivity contribution in [1.29, 1.82) is 0 Å². The Balaban J connectivity index is 1.49. The second-order valence-corrected chi connectivity index (χ2v) is 8.19. The second kappa shape index (κ2) is 8.32. The number of halogens is 2.